The van der Waals surface area contributed by atoms with Gasteiger partial charge in [0.25, 0.3) is 0 Å². The Balaban J connectivity index is 2.44. The van der Waals surface area contributed by atoms with Gasteiger partial charge in [-0.3, -0.25) is 4.79 Å². The van der Waals surface area contributed by atoms with Crippen LogP contribution in [-0.4, -0.2) is 23.2 Å². The van der Waals surface area contributed by atoms with E-state index >= 15 is 0 Å². The van der Waals surface area contributed by atoms with Gasteiger partial charge in [-0.05, 0) is 37.0 Å². The average Bonchev–Trinajstić information content (AvgIpc) is 2.25. The Kier molecular flexibility index (Phi) is 5.83. The molecule has 0 saturated carbocycles. The Bertz CT molecular complexity index is 430. The van der Waals surface area contributed by atoms with Gasteiger partial charge in [-0.1, -0.05) is 37.6 Å². The van der Waals surface area contributed by atoms with Crippen LogP contribution in [-0.2, 0) is 11.2 Å². The van der Waals surface area contributed by atoms with Crippen molar-refractivity contribution >= 4 is 17.5 Å². The fraction of sp³-hybridized carbons (Fsp3) is 0.533. The van der Waals surface area contributed by atoms with Crippen LogP contribution >= 0.6 is 11.6 Å². The summed E-state index contributed by atoms with van der Waals surface area (Å²) in [7, 11) is 0. The molecule has 1 rings (SSSR count). The summed E-state index contributed by atoms with van der Waals surface area (Å²) in [5.74, 6) is 0.283. The number of amides is 1. The molecule has 4 heteroatoms. The fourth-order valence-corrected chi connectivity index (χ4v) is 2.35. The first-order chi connectivity index (χ1) is 8.78. The maximum Gasteiger partial charge on any atom is 0.224 e. The van der Waals surface area contributed by atoms with Crippen molar-refractivity contribution in [1.82, 2.24) is 5.32 Å². The van der Waals surface area contributed by atoms with Crippen LogP contribution in [0.15, 0.2) is 24.3 Å². The molecule has 0 spiro atoms. The van der Waals surface area contributed by atoms with Crippen molar-refractivity contribution in [2.75, 3.05) is 6.54 Å². The van der Waals surface area contributed by atoms with Gasteiger partial charge >= 0.3 is 0 Å². The molecule has 0 heterocycles. The van der Waals surface area contributed by atoms with Crippen molar-refractivity contribution in [2.45, 2.75) is 39.2 Å². The van der Waals surface area contributed by atoms with Crippen molar-refractivity contribution in [3.8, 4) is 0 Å². The van der Waals surface area contributed by atoms with E-state index < -0.39 is 5.60 Å². The number of hydrogen-bond acceptors (Lipinski definition) is 2. The molecule has 0 aliphatic rings. The molecular weight excluding hydrogens is 262 g/mol. The van der Waals surface area contributed by atoms with E-state index in [2.05, 4.69) is 5.32 Å². The van der Waals surface area contributed by atoms with Gasteiger partial charge in [0.1, 0.15) is 0 Å². The Morgan fingerprint density at radius 1 is 1.47 bits per heavy atom. The largest absolute Gasteiger partial charge is 0.388 e. The Labute approximate surface area is 120 Å². The summed E-state index contributed by atoms with van der Waals surface area (Å²) < 4.78 is 0. The number of benzene rings is 1. The second-order valence-corrected chi connectivity index (χ2v) is 6.11. The third-order valence-corrected chi connectivity index (χ3v) is 3.00. The molecule has 106 valence electrons. The van der Waals surface area contributed by atoms with Gasteiger partial charge in [-0.15, -0.1) is 0 Å². The zero-order valence-electron chi connectivity index (χ0n) is 11.7. The standard InChI is InChI=1S/C15H22ClNO2/c1-11(2)9-15(3,19)10-17-14(18)8-12-5-4-6-13(16)7-12/h4-7,11,19H,8-10H2,1-3H3,(H,17,18). The smallest absolute Gasteiger partial charge is 0.224 e. The van der Waals surface area contributed by atoms with Gasteiger partial charge in [-0.25, -0.2) is 0 Å². The highest BCUT2D eigenvalue weighted by atomic mass is 35.5. The monoisotopic (exact) mass is 283 g/mol. The van der Waals surface area contributed by atoms with Crippen LogP contribution in [0, 0.1) is 5.92 Å². The molecule has 1 amide bonds. The van der Waals surface area contributed by atoms with Crippen molar-refractivity contribution < 1.29 is 9.90 Å². The van der Waals surface area contributed by atoms with E-state index in [0.29, 0.717) is 17.4 Å². The summed E-state index contributed by atoms with van der Waals surface area (Å²) in [5.41, 5.74) is 0.00605. The fourth-order valence-electron chi connectivity index (χ4n) is 2.14. The van der Waals surface area contributed by atoms with E-state index in [1.807, 2.05) is 26.0 Å². The lowest BCUT2D eigenvalue weighted by Crippen LogP contribution is -2.42. The molecule has 2 N–H and O–H groups in total. The first-order valence-corrected chi connectivity index (χ1v) is 6.90. The summed E-state index contributed by atoms with van der Waals surface area (Å²) in [6.07, 6.45) is 0.933. The maximum absolute atomic E-state index is 11.8. The minimum atomic E-state index is -0.863. The third-order valence-electron chi connectivity index (χ3n) is 2.77. The molecular formula is C15H22ClNO2. The number of hydrogen-bond donors (Lipinski definition) is 2. The van der Waals surface area contributed by atoms with Crippen molar-refractivity contribution in [3.63, 3.8) is 0 Å². The maximum atomic E-state index is 11.8. The number of carbonyl (C=O) groups is 1. The van der Waals surface area contributed by atoms with Crippen molar-refractivity contribution in [2.24, 2.45) is 5.92 Å². The van der Waals surface area contributed by atoms with E-state index in [-0.39, 0.29) is 18.9 Å². The summed E-state index contributed by atoms with van der Waals surface area (Å²) in [6, 6.07) is 7.22. The zero-order chi connectivity index (χ0) is 14.5. The second-order valence-electron chi connectivity index (χ2n) is 5.68. The molecule has 3 nitrogen and oxygen atoms in total. The highest BCUT2D eigenvalue weighted by Gasteiger charge is 2.22. The number of rotatable bonds is 6. The highest BCUT2D eigenvalue weighted by molar-refractivity contribution is 6.30. The van der Waals surface area contributed by atoms with E-state index in [1.54, 1.807) is 19.1 Å². The third kappa shape index (κ3) is 6.60. The summed E-state index contributed by atoms with van der Waals surface area (Å²) >= 11 is 5.86. The topological polar surface area (TPSA) is 49.3 Å². The SMILES string of the molecule is CC(C)CC(C)(O)CNC(=O)Cc1cccc(Cl)c1. The number of nitrogens with one attached hydrogen (secondary N) is 1. The molecule has 1 atom stereocenters. The van der Waals surface area contributed by atoms with Crippen LogP contribution in [0.4, 0.5) is 0 Å². The molecule has 19 heavy (non-hydrogen) atoms. The van der Waals surface area contributed by atoms with Gasteiger partial charge < -0.3 is 10.4 Å². The van der Waals surface area contributed by atoms with Crippen molar-refractivity contribution in [3.05, 3.63) is 34.9 Å². The van der Waals surface area contributed by atoms with Gasteiger partial charge in [0.05, 0.1) is 12.0 Å². The number of halogens is 1. The van der Waals surface area contributed by atoms with Crippen LogP contribution in [0.25, 0.3) is 0 Å². The lowest BCUT2D eigenvalue weighted by atomic mass is 9.94. The summed E-state index contributed by atoms with van der Waals surface area (Å²) in [5, 5.41) is 13.5. The van der Waals surface area contributed by atoms with Crippen LogP contribution in [0.2, 0.25) is 5.02 Å². The minimum absolute atomic E-state index is 0.105. The second kappa shape index (κ2) is 6.92. The Morgan fingerprint density at radius 2 is 2.16 bits per heavy atom. The predicted molar refractivity (Wildman–Crippen MR) is 78.2 cm³/mol. The molecule has 0 aromatic heterocycles. The molecule has 1 unspecified atom stereocenters. The Morgan fingerprint density at radius 3 is 2.74 bits per heavy atom. The molecule has 0 fully saturated rings. The highest BCUT2D eigenvalue weighted by Crippen LogP contribution is 2.15. The van der Waals surface area contributed by atoms with Crippen LogP contribution in [0.5, 0.6) is 0 Å². The lowest BCUT2D eigenvalue weighted by molar-refractivity contribution is -0.121. The first-order valence-electron chi connectivity index (χ1n) is 6.52. The predicted octanol–water partition coefficient (Wildman–Crippen LogP) is 2.80. The zero-order valence-corrected chi connectivity index (χ0v) is 12.5. The lowest BCUT2D eigenvalue weighted by Gasteiger charge is -2.25. The molecule has 1 aromatic rings. The van der Waals surface area contributed by atoms with E-state index in [4.69, 9.17) is 11.6 Å². The van der Waals surface area contributed by atoms with E-state index in [9.17, 15) is 9.90 Å². The first kappa shape index (κ1) is 16.0. The van der Waals surface area contributed by atoms with Gasteiger partial charge in [-0.2, -0.15) is 0 Å². The molecule has 1 aromatic carbocycles. The molecule has 0 saturated heterocycles. The van der Waals surface area contributed by atoms with Gasteiger partial charge in [0.15, 0.2) is 0 Å². The van der Waals surface area contributed by atoms with Crippen molar-refractivity contribution in [1.29, 1.82) is 0 Å². The van der Waals surface area contributed by atoms with Crippen LogP contribution in [0.1, 0.15) is 32.8 Å². The van der Waals surface area contributed by atoms with Gasteiger partial charge in [0.2, 0.25) is 5.91 Å². The Hall–Kier alpha value is -1.06. The number of carbonyl (C=O) groups excluding carboxylic acids is 1. The summed E-state index contributed by atoms with van der Waals surface area (Å²) in [4.78, 5) is 11.8. The molecule has 0 aliphatic heterocycles. The minimum Gasteiger partial charge on any atom is -0.388 e. The number of aliphatic hydroxyl groups is 1. The molecule has 0 aliphatic carbocycles. The van der Waals surface area contributed by atoms with E-state index in [0.717, 1.165) is 5.56 Å². The molecule has 0 bridgehead atoms. The van der Waals surface area contributed by atoms with Crippen LogP contribution < -0.4 is 5.32 Å². The quantitative estimate of drug-likeness (QED) is 0.843. The average molecular weight is 284 g/mol. The van der Waals surface area contributed by atoms with E-state index in [1.165, 1.54) is 0 Å². The molecule has 0 radical (unpaired) electrons. The summed E-state index contributed by atoms with van der Waals surface area (Å²) in [6.45, 7) is 6.10. The van der Waals surface area contributed by atoms with Gasteiger partial charge in [0, 0.05) is 11.6 Å². The normalized spacial score (nSPS) is 14.2. The van der Waals surface area contributed by atoms with Crippen LogP contribution in [0.3, 0.4) is 0 Å².